The van der Waals surface area contributed by atoms with Crippen LogP contribution in [0.3, 0.4) is 0 Å². The molecule has 0 saturated carbocycles. The molecule has 3 aromatic carbocycles. The van der Waals surface area contributed by atoms with Gasteiger partial charge in [0.25, 0.3) is 0 Å². The minimum Gasteiger partial charge on any atom is -0.455 e. The zero-order valence-corrected chi connectivity index (χ0v) is 13.6. The lowest BCUT2D eigenvalue weighted by molar-refractivity contribution is 0.653. The fourth-order valence-electron chi connectivity index (χ4n) is 4.13. The van der Waals surface area contributed by atoms with Crippen LogP contribution in [0.1, 0.15) is 30.5 Å². The van der Waals surface area contributed by atoms with Crippen LogP contribution in [0.5, 0.6) is 0 Å². The van der Waals surface area contributed by atoms with Gasteiger partial charge in [0.05, 0.1) is 0 Å². The van der Waals surface area contributed by atoms with Gasteiger partial charge in [-0.15, -0.1) is 0 Å². The average Bonchev–Trinajstić information content (AvgIpc) is 3.02. The number of furan rings is 1. The largest absolute Gasteiger partial charge is 0.455 e. The van der Waals surface area contributed by atoms with E-state index in [1.165, 1.54) is 38.6 Å². The van der Waals surface area contributed by atoms with E-state index in [9.17, 15) is 0 Å². The van der Waals surface area contributed by atoms with Crippen LogP contribution in [0.2, 0.25) is 0 Å². The third-order valence-corrected chi connectivity index (χ3v) is 5.34. The van der Waals surface area contributed by atoms with E-state index in [1.807, 2.05) is 0 Å². The first-order valence-corrected chi connectivity index (χ1v) is 8.13. The van der Waals surface area contributed by atoms with E-state index in [4.69, 9.17) is 4.42 Å². The van der Waals surface area contributed by atoms with Crippen molar-refractivity contribution in [2.75, 3.05) is 0 Å². The summed E-state index contributed by atoms with van der Waals surface area (Å²) in [7, 11) is 0. The summed E-state index contributed by atoms with van der Waals surface area (Å²) < 4.78 is 6.30. The van der Waals surface area contributed by atoms with Crippen LogP contribution in [0, 0.1) is 6.92 Å². The zero-order valence-electron chi connectivity index (χ0n) is 13.6. The molecule has 0 radical (unpaired) electrons. The van der Waals surface area contributed by atoms with Gasteiger partial charge in [-0.05, 0) is 35.7 Å². The topological polar surface area (TPSA) is 13.1 Å². The molecule has 1 nitrogen and oxygen atoms in total. The second-order valence-electron chi connectivity index (χ2n) is 7.14. The van der Waals surface area contributed by atoms with Gasteiger partial charge in [-0.2, -0.15) is 0 Å². The molecule has 1 heteroatoms. The summed E-state index contributed by atoms with van der Waals surface area (Å²) in [6.45, 7) is 6.73. The van der Waals surface area contributed by atoms with Crippen molar-refractivity contribution in [2.24, 2.45) is 0 Å². The molecule has 0 atom stereocenters. The van der Waals surface area contributed by atoms with Gasteiger partial charge in [-0.25, -0.2) is 0 Å². The molecule has 4 aromatic rings. The first-order chi connectivity index (χ1) is 11.1. The molecule has 23 heavy (non-hydrogen) atoms. The molecule has 0 spiro atoms. The Kier molecular flexibility index (Phi) is 2.28. The normalized spacial score (nSPS) is 15.1. The molecular weight excluding hydrogens is 280 g/mol. The molecule has 0 aliphatic heterocycles. The Bertz CT molecular complexity index is 1100. The molecular formula is C22H18O. The molecule has 0 fully saturated rings. The molecule has 5 rings (SSSR count). The Morgan fingerprint density at radius 1 is 0.826 bits per heavy atom. The number of rotatable bonds is 0. The first-order valence-electron chi connectivity index (χ1n) is 8.13. The van der Waals surface area contributed by atoms with Crippen molar-refractivity contribution in [2.45, 2.75) is 26.2 Å². The van der Waals surface area contributed by atoms with Gasteiger partial charge in [0.1, 0.15) is 11.2 Å². The van der Waals surface area contributed by atoms with E-state index in [1.54, 1.807) is 0 Å². The van der Waals surface area contributed by atoms with Crippen molar-refractivity contribution >= 4 is 21.9 Å². The number of benzene rings is 3. The lowest BCUT2D eigenvalue weighted by Crippen LogP contribution is -2.14. The Morgan fingerprint density at radius 3 is 2.52 bits per heavy atom. The van der Waals surface area contributed by atoms with E-state index in [0.29, 0.717) is 0 Å². The summed E-state index contributed by atoms with van der Waals surface area (Å²) in [4.78, 5) is 0. The number of hydrogen-bond donors (Lipinski definition) is 0. The Labute approximate surface area is 135 Å². The van der Waals surface area contributed by atoms with E-state index in [-0.39, 0.29) is 5.41 Å². The van der Waals surface area contributed by atoms with Crippen molar-refractivity contribution in [1.29, 1.82) is 0 Å². The standard InChI is InChI=1S/C22H18O/c1-13-8-11-19-16(12-13)14-9-10-18-20(21(14)23-19)15-6-4-5-7-17(15)22(18,2)3/h4-12H,1-3H3. The number of fused-ring (bicyclic) bond motifs is 7. The molecule has 0 amide bonds. The fraction of sp³-hybridized carbons (Fsp3) is 0.182. The summed E-state index contributed by atoms with van der Waals surface area (Å²) in [5.41, 5.74) is 8.63. The van der Waals surface area contributed by atoms with Crippen LogP contribution >= 0.6 is 0 Å². The van der Waals surface area contributed by atoms with E-state index in [0.717, 1.165) is 11.2 Å². The quantitative estimate of drug-likeness (QED) is 0.376. The van der Waals surface area contributed by atoms with Gasteiger partial charge >= 0.3 is 0 Å². The minimum atomic E-state index is 0.0228. The van der Waals surface area contributed by atoms with Crippen molar-refractivity contribution in [1.82, 2.24) is 0 Å². The lowest BCUT2D eigenvalue weighted by Gasteiger charge is -2.21. The fourth-order valence-corrected chi connectivity index (χ4v) is 4.13. The van der Waals surface area contributed by atoms with Crippen molar-refractivity contribution < 1.29 is 4.42 Å². The van der Waals surface area contributed by atoms with Crippen LogP contribution in [0.4, 0.5) is 0 Å². The van der Waals surface area contributed by atoms with Gasteiger partial charge in [-0.3, -0.25) is 0 Å². The third-order valence-electron chi connectivity index (χ3n) is 5.34. The first kappa shape index (κ1) is 13.0. The Morgan fingerprint density at radius 2 is 1.65 bits per heavy atom. The molecule has 0 saturated heterocycles. The summed E-state index contributed by atoms with van der Waals surface area (Å²) in [6, 6.07) is 19.7. The van der Waals surface area contributed by atoms with Crippen molar-refractivity contribution in [3.05, 3.63) is 71.3 Å². The predicted molar refractivity (Wildman–Crippen MR) is 96.0 cm³/mol. The van der Waals surface area contributed by atoms with Crippen LogP contribution in [0.15, 0.2) is 59.0 Å². The predicted octanol–water partition coefficient (Wildman–Crippen LogP) is 6.20. The third kappa shape index (κ3) is 1.52. The Balaban J connectivity index is 1.99. The van der Waals surface area contributed by atoms with Gasteiger partial charge in [0.2, 0.25) is 0 Å². The maximum absolute atomic E-state index is 6.30. The smallest absolute Gasteiger partial charge is 0.143 e. The summed E-state index contributed by atoms with van der Waals surface area (Å²) in [5.74, 6) is 0. The highest BCUT2D eigenvalue weighted by Gasteiger charge is 2.37. The van der Waals surface area contributed by atoms with E-state index < -0.39 is 0 Å². The number of hydrogen-bond acceptors (Lipinski definition) is 1. The van der Waals surface area contributed by atoms with Crippen molar-refractivity contribution in [3.8, 4) is 11.1 Å². The second kappa shape index (κ2) is 4.05. The maximum Gasteiger partial charge on any atom is 0.143 e. The Hall–Kier alpha value is -2.54. The maximum atomic E-state index is 6.30. The monoisotopic (exact) mass is 298 g/mol. The van der Waals surface area contributed by atoms with Crippen LogP contribution in [-0.2, 0) is 5.41 Å². The molecule has 1 aliphatic carbocycles. The minimum absolute atomic E-state index is 0.0228. The zero-order chi connectivity index (χ0) is 15.8. The van der Waals surface area contributed by atoms with Crippen LogP contribution in [-0.4, -0.2) is 0 Å². The molecule has 1 aromatic heterocycles. The number of aryl methyl sites for hydroxylation is 1. The van der Waals surface area contributed by atoms with Gasteiger partial charge in [0.15, 0.2) is 0 Å². The molecule has 1 heterocycles. The molecule has 0 bridgehead atoms. The van der Waals surface area contributed by atoms with E-state index >= 15 is 0 Å². The van der Waals surface area contributed by atoms with Gasteiger partial charge in [-0.1, -0.05) is 61.9 Å². The van der Waals surface area contributed by atoms with Gasteiger partial charge < -0.3 is 4.42 Å². The van der Waals surface area contributed by atoms with Crippen molar-refractivity contribution in [3.63, 3.8) is 0 Å². The summed E-state index contributed by atoms with van der Waals surface area (Å²) in [6.07, 6.45) is 0. The van der Waals surface area contributed by atoms with Gasteiger partial charge in [0, 0.05) is 21.8 Å². The molecule has 1 aliphatic rings. The summed E-state index contributed by atoms with van der Waals surface area (Å²) in [5, 5.41) is 2.43. The molecule has 112 valence electrons. The van der Waals surface area contributed by atoms with Crippen LogP contribution in [0.25, 0.3) is 33.1 Å². The highest BCUT2D eigenvalue weighted by molar-refractivity contribution is 6.11. The SMILES string of the molecule is Cc1ccc2oc3c4c(ccc3c2c1)C(C)(C)c1ccccc1-4. The van der Waals surface area contributed by atoms with E-state index in [2.05, 4.69) is 75.4 Å². The highest BCUT2D eigenvalue weighted by Crippen LogP contribution is 2.52. The molecule has 0 unspecified atom stereocenters. The second-order valence-corrected chi connectivity index (χ2v) is 7.14. The average molecular weight is 298 g/mol. The molecule has 0 N–H and O–H groups in total. The van der Waals surface area contributed by atoms with Crippen LogP contribution < -0.4 is 0 Å². The highest BCUT2D eigenvalue weighted by atomic mass is 16.3. The summed E-state index contributed by atoms with van der Waals surface area (Å²) >= 11 is 0. The lowest BCUT2D eigenvalue weighted by atomic mass is 9.82.